The molecular formula is C36H60N2O4. The van der Waals surface area contributed by atoms with Crippen LogP contribution in [0.2, 0.25) is 0 Å². The van der Waals surface area contributed by atoms with Crippen molar-refractivity contribution in [2.24, 2.45) is 34.5 Å². The number of hydrogen-bond donors (Lipinski definition) is 0. The standard InChI is InChI=1S/C36H60N2O4/c1-5-13-33(40)42-34-30(37-18-9-6-7-10-19-37)23-29-27-15-14-26-22-32(41-25(2)39)31(38-20-11-8-12-21-38)24-36(26,4)28(27)16-17-35(29,34)3/h26-32,34H,5-24H2,1-4H3/t26?,27-,28-,29+,30?,31?,32?,34?,35+,36+/m1/s1. The molecule has 2 saturated heterocycles. The predicted octanol–water partition coefficient (Wildman–Crippen LogP) is 6.99. The van der Waals surface area contributed by atoms with Crippen LogP contribution >= 0.6 is 0 Å². The van der Waals surface area contributed by atoms with Crippen LogP contribution in [-0.2, 0) is 19.1 Å². The third-order valence-corrected chi connectivity index (χ3v) is 13.6. The monoisotopic (exact) mass is 584 g/mol. The van der Waals surface area contributed by atoms with Crippen LogP contribution in [0.5, 0.6) is 0 Å². The third kappa shape index (κ3) is 5.70. The third-order valence-electron chi connectivity index (χ3n) is 13.6. The van der Waals surface area contributed by atoms with Crippen molar-refractivity contribution in [3.8, 4) is 0 Å². The lowest BCUT2D eigenvalue weighted by molar-refractivity contribution is -0.180. The van der Waals surface area contributed by atoms with Crippen LogP contribution in [0, 0.1) is 34.5 Å². The van der Waals surface area contributed by atoms with Gasteiger partial charge >= 0.3 is 11.9 Å². The molecule has 5 unspecified atom stereocenters. The summed E-state index contributed by atoms with van der Waals surface area (Å²) in [5, 5.41) is 0. The smallest absolute Gasteiger partial charge is 0.306 e. The topological polar surface area (TPSA) is 59.1 Å². The van der Waals surface area contributed by atoms with Crippen molar-refractivity contribution in [1.82, 2.24) is 9.80 Å². The lowest BCUT2D eigenvalue weighted by Crippen LogP contribution is -2.61. The van der Waals surface area contributed by atoms with E-state index in [1.807, 2.05) is 0 Å². The van der Waals surface area contributed by atoms with Crippen molar-refractivity contribution in [1.29, 1.82) is 0 Å². The van der Waals surface area contributed by atoms with Crippen molar-refractivity contribution in [2.75, 3.05) is 26.2 Å². The van der Waals surface area contributed by atoms with Gasteiger partial charge in [0.1, 0.15) is 12.2 Å². The number of esters is 2. The SMILES string of the molecule is CCCC(=O)OC1C(N2CCCCCC2)C[C@H]2[C@@H]3CCC4CC(OC(C)=O)C(N5CCCCC5)C[C@]4(C)[C@@H]3CC[C@]12C. The maximum atomic E-state index is 13.0. The summed E-state index contributed by atoms with van der Waals surface area (Å²) in [6, 6.07) is 0.739. The van der Waals surface area contributed by atoms with Gasteiger partial charge < -0.3 is 9.47 Å². The average molecular weight is 585 g/mol. The van der Waals surface area contributed by atoms with Gasteiger partial charge in [-0.3, -0.25) is 19.4 Å². The normalized spacial score (nSPS) is 44.8. The highest BCUT2D eigenvalue weighted by atomic mass is 16.5. The van der Waals surface area contributed by atoms with Crippen molar-refractivity contribution in [3.63, 3.8) is 0 Å². The van der Waals surface area contributed by atoms with Gasteiger partial charge in [-0.2, -0.15) is 0 Å². The number of piperidine rings is 1. The highest BCUT2D eigenvalue weighted by Gasteiger charge is 2.65. The van der Waals surface area contributed by atoms with E-state index in [1.54, 1.807) is 6.92 Å². The Kier molecular flexibility index (Phi) is 9.33. The second-order valence-electron chi connectivity index (χ2n) is 15.9. The number of likely N-dealkylation sites (tertiary alicyclic amines) is 2. The molecule has 4 saturated carbocycles. The molecule has 0 aromatic rings. The van der Waals surface area contributed by atoms with Crippen molar-refractivity contribution < 1.29 is 19.1 Å². The first-order valence-electron chi connectivity index (χ1n) is 18.1. The summed E-state index contributed by atoms with van der Waals surface area (Å²) < 4.78 is 12.7. The number of ether oxygens (including phenoxy) is 2. The van der Waals surface area contributed by atoms with E-state index in [0.717, 1.165) is 44.9 Å². The quantitative estimate of drug-likeness (QED) is 0.314. The molecule has 2 aliphatic heterocycles. The van der Waals surface area contributed by atoms with Crippen LogP contribution in [0.25, 0.3) is 0 Å². The Morgan fingerprint density at radius 3 is 2.05 bits per heavy atom. The minimum absolute atomic E-state index is 0.0233. The van der Waals surface area contributed by atoms with Crippen LogP contribution in [0.4, 0.5) is 0 Å². The van der Waals surface area contributed by atoms with E-state index < -0.39 is 0 Å². The first kappa shape index (κ1) is 30.9. The van der Waals surface area contributed by atoms with Gasteiger partial charge in [0.15, 0.2) is 0 Å². The maximum Gasteiger partial charge on any atom is 0.306 e. The molecule has 2 heterocycles. The number of hydrogen-bond acceptors (Lipinski definition) is 6. The van der Waals surface area contributed by atoms with Crippen molar-refractivity contribution in [2.45, 2.75) is 155 Å². The number of carbonyl (C=O) groups excluding carboxylic acids is 2. The van der Waals surface area contributed by atoms with E-state index in [9.17, 15) is 9.59 Å². The first-order valence-corrected chi connectivity index (χ1v) is 18.1. The summed E-state index contributed by atoms with van der Waals surface area (Å²) >= 11 is 0. The van der Waals surface area contributed by atoms with Gasteiger partial charge in [0, 0.05) is 30.8 Å². The highest BCUT2D eigenvalue weighted by Crippen LogP contribution is 2.67. The fraction of sp³-hybridized carbons (Fsp3) is 0.944. The van der Waals surface area contributed by atoms with Gasteiger partial charge in [-0.15, -0.1) is 0 Å². The Morgan fingerprint density at radius 2 is 1.40 bits per heavy atom. The maximum absolute atomic E-state index is 13.0. The van der Waals surface area contributed by atoms with Crippen LogP contribution < -0.4 is 0 Å². The Bertz CT molecular complexity index is 958. The van der Waals surface area contributed by atoms with Gasteiger partial charge in [-0.1, -0.05) is 40.0 Å². The minimum atomic E-state index is -0.109. The fourth-order valence-corrected chi connectivity index (χ4v) is 11.6. The first-order chi connectivity index (χ1) is 20.2. The van der Waals surface area contributed by atoms with E-state index in [4.69, 9.17) is 9.47 Å². The predicted molar refractivity (Wildman–Crippen MR) is 166 cm³/mol. The molecule has 6 heteroatoms. The van der Waals surface area contributed by atoms with Crippen molar-refractivity contribution in [3.05, 3.63) is 0 Å². The molecule has 0 N–H and O–H groups in total. The van der Waals surface area contributed by atoms with Crippen LogP contribution in [0.15, 0.2) is 0 Å². The zero-order valence-corrected chi connectivity index (χ0v) is 27.3. The van der Waals surface area contributed by atoms with Gasteiger partial charge in [-0.05, 0) is 132 Å². The molecule has 0 aromatic carbocycles. The lowest BCUT2D eigenvalue weighted by atomic mass is 9.44. The van der Waals surface area contributed by atoms with E-state index in [-0.39, 0.29) is 35.0 Å². The Balaban J connectivity index is 1.27. The van der Waals surface area contributed by atoms with E-state index >= 15 is 0 Å². The summed E-state index contributed by atoms with van der Waals surface area (Å²) in [7, 11) is 0. The molecule has 42 heavy (non-hydrogen) atoms. The molecule has 0 radical (unpaired) electrons. The number of carbonyl (C=O) groups is 2. The van der Waals surface area contributed by atoms with Crippen LogP contribution in [-0.4, -0.2) is 72.2 Å². The largest absolute Gasteiger partial charge is 0.461 e. The molecule has 0 spiro atoms. The highest BCUT2D eigenvalue weighted by molar-refractivity contribution is 5.69. The molecule has 6 fully saturated rings. The number of fused-ring (bicyclic) bond motifs is 5. The Labute approximate surface area is 256 Å². The van der Waals surface area contributed by atoms with Gasteiger partial charge in [-0.25, -0.2) is 0 Å². The average Bonchev–Trinajstić information content (AvgIpc) is 3.10. The fourth-order valence-electron chi connectivity index (χ4n) is 11.6. The summed E-state index contributed by atoms with van der Waals surface area (Å²) in [6.07, 6.45) is 19.0. The van der Waals surface area contributed by atoms with Crippen LogP contribution in [0.3, 0.4) is 0 Å². The summed E-state index contributed by atoms with van der Waals surface area (Å²) in [4.78, 5) is 30.7. The molecule has 10 atom stereocenters. The molecule has 0 amide bonds. The zero-order chi connectivity index (χ0) is 29.5. The molecule has 4 aliphatic carbocycles. The van der Waals surface area contributed by atoms with Gasteiger partial charge in [0.25, 0.3) is 0 Å². The zero-order valence-electron chi connectivity index (χ0n) is 27.3. The van der Waals surface area contributed by atoms with E-state index in [1.165, 1.54) is 83.5 Å². The molecule has 6 rings (SSSR count). The van der Waals surface area contributed by atoms with E-state index in [2.05, 4.69) is 30.6 Å². The van der Waals surface area contributed by atoms with Crippen molar-refractivity contribution >= 4 is 11.9 Å². The Hall–Kier alpha value is -1.14. The molecule has 0 aromatic heterocycles. The number of rotatable bonds is 6. The summed E-state index contributed by atoms with van der Waals surface area (Å²) in [5.74, 6) is 2.60. The molecule has 6 aliphatic rings. The minimum Gasteiger partial charge on any atom is -0.461 e. The second-order valence-corrected chi connectivity index (χ2v) is 15.9. The summed E-state index contributed by atoms with van der Waals surface area (Å²) in [6.45, 7) is 13.5. The number of nitrogens with zero attached hydrogens (tertiary/aromatic N) is 2. The van der Waals surface area contributed by atoms with Crippen LogP contribution in [0.1, 0.15) is 130 Å². The molecular weight excluding hydrogens is 524 g/mol. The molecule has 0 bridgehead atoms. The summed E-state index contributed by atoms with van der Waals surface area (Å²) in [5.41, 5.74) is 0.365. The molecule has 6 nitrogen and oxygen atoms in total. The molecule has 238 valence electrons. The Morgan fingerprint density at radius 1 is 0.762 bits per heavy atom. The lowest BCUT2D eigenvalue weighted by Gasteiger charge is -2.62. The van der Waals surface area contributed by atoms with Gasteiger partial charge in [0.05, 0.1) is 0 Å². The van der Waals surface area contributed by atoms with E-state index in [0.29, 0.717) is 36.3 Å². The second kappa shape index (κ2) is 12.7. The van der Waals surface area contributed by atoms with Gasteiger partial charge in [0.2, 0.25) is 0 Å².